The zero-order valence-corrected chi connectivity index (χ0v) is 16.5. The van der Waals surface area contributed by atoms with Gasteiger partial charge in [0.2, 0.25) is 5.91 Å². The summed E-state index contributed by atoms with van der Waals surface area (Å²) < 4.78 is 11.3. The summed E-state index contributed by atoms with van der Waals surface area (Å²) in [6.07, 6.45) is 4.09. The lowest BCUT2D eigenvalue weighted by molar-refractivity contribution is -0.128. The zero-order chi connectivity index (χ0) is 20.7. The highest BCUT2D eigenvalue weighted by Gasteiger charge is 2.41. The molecule has 1 heterocycles. The van der Waals surface area contributed by atoms with Crippen LogP contribution < -0.4 is 15.4 Å². The number of nitriles is 1. The van der Waals surface area contributed by atoms with Crippen molar-refractivity contribution in [3.63, 3.8) is 0 Å². The van der Waals surface area contributed by atoms with E-state index in [9.17, 15) is 9.59 Å². The second-order valence-electron chi connectivity index (χ2n) is 7.12. The molecule has 1 aromatic heterocycles. The lowest BCUT2D eigenvalue weighted by Gasteiger charge is -2.36. The van der Waals surface area contributed by atoms with Gasteiger partial charge in [0.05, 0.1) is 5.56 Å². The summed E-state index contributed by atoms with van der Waals surface area (Å²) in [6, 6.07) is 12.2. The monoisotopic (exact) mass is 395 g/mol. The number of amides is 2. The maximum absolute atomic E-state index is 12.7. The second-order valence-corrected chi connectivity index (χ2v) is 7.12. The molecule has 1 saturated carbocycles. The first-order valence-corrected chi connectivity index (χ1v) is 9.89. The molecule has 0 aliphatic heterocycles. The van der Waals surface area contributed by atoms with Gasteiger partial charge in [-0.1, -0.05) is 31.4 Å². The van der Waals surface area contributed by atoms with E-state index in [0.29, 0.717) is 36.5 Å². The van der Waals surface area contributed by atoms with E-state index >= 15 is 0 Å². The summed E-state index contributed by atoms with van der Waals surface area (Å²) in [5.41, 5.74) is -0.459. The van der Waals surface area contributed by atoms with Crippen LogP contribution in [0.1, 0.15) is 60.9 Å². The number of ether oxygens (including phenoxy) is 1. The molecule has 7 nitrogen and oxygen atoms in total. The van der Waals surface area contributed by atoms with E-state index in [1.165, 1.54) is 0 Å². The van der Waals surface area contributed by atoms with Crippen molar-refractivity contribution in [3.05, 3.63) is 53.5 Å². The molecule has 1 aliphatic carbocycles. The Bertz CT molecular complexity index is 907. The van der Waals surface area contributed by atoms with Crippen LogP contribution in [0.5, 0.6) is 5.75 Å². The molecule has 7 heteroatoms. The van der Waals surface area contributed by atoms with Crippen LogP contribution in [0.4, 0.5) is 0 Å². The largest absolute Gasteiger partial charge is 0.484 e. The number of rotatable bonds is 7. The minimum atomic E-state index is -0.888. The number of benzene rings is 1. The van der Waals surface area contributed by atoms with Crippen molar-refractivity contribution in [2.24, 2.45) is 0 Å². The van der Waals surface area contributed by atoms with E-state index in [2.05, 4.69) is 16.7 Å². The van der Waals surface area contributed by atoms with E-state index in [1.54, 1.807) is 36.4 Å². The predicted molar refractivity (Wildman–Crippen MR) is 106 cm³/mol. The maximum Gasteiger partial charge on any atom is 0.287 e. The molecule has 2 aromatic rings. The van der Waals surface area contributed by atoms with E-state index in [0.717, 1.165) is 19.3 Å². The molecule has 1 fully saturated rings. The lowest BCUT2D eigenvalue weighted by atomic mass is 9.80. The first-order chi connectivity index (χ1) is 14.1. The number of likely N-dealkylation sites (N-methyl/N-ethyl adjacent to an activating group) is 1. The molecule has 152 valence electrons. The molecule has 2 amide bonds. The Balaban J connectivity index is 1.66. The minimum Gasteiger partial charge on any atom is -0.484 e. The lowest BCUT2D eigenvalue weighted by Crippen LogP contribution is -2.59. The number of furan rings is 1. The number of hydrogen-bond acceptors (Lipinski definition) is 5. The van der Waals surface area contributed by atoms with Crippen molar-refractivity contribution in [3.8, 4) is 11.8 Å². The predicted octanol–water partition coefficient (Wildman–Crippen LogP) is 3.30. The summed E-state index contributed by atoms with van der Waals surface area (Å²) >= 11 is 0. The summed E-state index contributed by atoms with van der Waals surface area (Å²) in [6.45, 7) is 2.47. The molecule has 0 unspecified atom stereocenters. The highest BCUT2D eigenvalue weighted by atomic mass is 16.5. The van der Waals surface area contributed by atoms with Crippen molar-refractivity contribution < 1.29 is 18.7 Å². The number of carbonyl (C=O) groups excluding carboxylic acids is 2. The summed E-state index contributed by atoms with van der Waals surface area (Å²) in [5.74, 6) is 0.484. The molecular weight excluding hydrogens is 370 g/mol. The van der Waals surface area contributed by atoms with Gasteiger partial charge in [0.15, 0.2) is 5.76 Å². The third kappa shape index (κ3) is 4.77. The van der Waals surface area contributed by atoms with Crippen LogP contribution in [0.25, 0.3) is 0 Å². The Kier molecular flexibility index (Phi) is 6.55. The van der Waals surface area contributed by atoms with Crippen molar-refractivity contribution in [1.29, 1.82) is 5.26 Å². The van der Waals surface area contributed by atoms with Gasteiger partial charge in [-0.3, -0.25) is 9.59 Å². The Morgan fingerprint density at radius 2 is 1.93 bits per heavy atom. The SMILES string of the molecule is CCNC(=O)C1(NC(=O)c2ccc(COc3ccccc3C#N)o2)CCCCC1. The maximum atomic E-state index is 12.7. The topological polar surface area (TPSA) is 104 Å². The van der Waals surface area contributed by atoms with Gasteiger partial charge in [0.1, 0.15) is 29.7 Å². The Hall–Kier alpha value is -3.27. The van der Waals surface area contributed by atoms with Gasteiger partial charge in [-0.15, -0.1) is 0 Å². The van der Waals surface area contributed by atoms with E-state index in [-0.39, 0.29) is 18.3 Å². The fraction of sp³-hybridized carbons (Fsp3) is 0.409. The molecule has 1 aliphatic rings. The van der Waals surface area contributed by atoms with Gasteiger partial charge >= 0.3 is 0 Å². The van der Waals surface area contributed by atoms with Crippen molar-refractivity contribution in [2.75, 3.05) is 6.54 Å². The van der Waals surface area contributed by atoms with Gasteiger partial charge in [0.25, 0.3) is 5.91 Å². The molecule has 29 heavy (non-hydrogen) atoms. The van der Waals surface area contributed by atoms with Crippen LogP contribution >= 0.6 is 0 Å². The van der Waals surface area contributed by atoms with Crippen molar-refractivity contribution >= 4 is 11.8 Å². The fourth-order valence-corrected chi connectivity index (χ4v) is 3.58. The summed E-state index contributed by atoms with van der Waals surface area (Å²) in [5, 5.41) is 14.9. The van der Waals surface area contributed by atoms with E-state index in [4.69, 9.17) is 14.4 Å². The molecule has 0 spiro atoms. The van der Waals surface area contributed by atoms with Gasteiger partial charge in [0, 0.05) is 6.54 Å². The Morgan fingerprint density at radius 1 is 1.17 bits per heavy atom. The quantitative estimate of drug-likeness (QED) is 0.748. The highest BCUT2D eigenvalue weighted by molar-refractivity contribution is 5.97. The van der Waals surface area contributed by atoms with E-state index < -0.39 is 11.4 Å². The standard InChI is InChI=1S/C22H25N3O4/c1-2-24-21(27)22(12-6-3-7-13-22)25-20(26)19-11-10-17(29-19)15-28-18-9-5-4-8-16(18)14-23/h4-5,8-11H,2-3,6-7,12-13,15H2,1H3,(H,24,27)(H,25,26). The second kappa shape index (κ2) is 9.28. The first-order valence-electron chi connectivity index (χ1n) is 9.89. The highest BCUT2D eigenvalue weighted by Crippen LogP contribution is 2.29. The summed E-state index contributed by atoms with van der Waals surface area (Å²) in [7, 11) is 0. The molecule has 0 bridgehead atoms. The van der Waals surface area contributed by atoms with Gasteiger partial charge in [-0.05, 0) is 44.0 Å². The van der Waals surface area contributed by atoms with Crippen LogP contribution in [-0.2, 0) is 11.4 Å². The van der Waals surface area contributed by atoms with Crippen LogP contribution in [-0.4, -0.2) is 23.9 Å². The van der Waals surface area contributed by atoms with Crippen LogP contribution in [0.3, 0.4) is 0 Å². The van der Waals surface area contributed by atoms with Crippen LogP contribution in [0.15, 0.2) is 40.8 Å². The molecule has 2 N–H and O–H groups in total. The van der Waals surface area contributed by atoms with Crippen molar-refractivity contribution in [2.45, 2.75) is 51.2 Å². The smallest absolute Gasteiger partial charge is 0.287 e. The van der Waals surface area contributed by atoms with Crippen LogP contribution in [0, 0.1) is 11.3 Å². The fourth-order valence-electron chi connectivity index (χ4n) is 3.58. The minimum absolute atomic E-state index is 0.0907. The third-order valence-corrected chi connectivity index (χ3v) is 5.09. The number of nitrogens with zero attached hydrogens (tertiary/aromatic N) is 1. The van der Waals surface area contributed by atoms with Crippen molar-refractivity contribution in [1.82, 2.24) is 10.6 Å². The molecule has 3 rings (SSSR count). The number of nitrogens with one attached hydrogen (secondary N) is 2. The molecule has 0 radical (unpaired) electrons. The first kappa shape index (κ1) is 20.5. The van der Waals surface area contributed by atoms with Gasteiger partial charge in [-0.2, -0.15) is 5.26 Å². The van der Waals surface area contributed by atoms with E-state index in [1.807, 2.05) is 6.92 Å². The summed E-state index contributed by atoms with van der Waals surface area (Å²) in [4.78, 5) is 25.4. The Morgan fingerprint density at radius 3 is 2.66 bits per heavy atom. The van der Waals surface area contributed by atoms with Gasteiger partial charge < -0.3 is 19.8 Å². The zero-order valence-electron chi connectivity index (χ0n) is 16.5. The number of para-hydroxylation sites is 1. The third-order valence-electron chi connectivity index (χ3n) is 5.09. The number of carbonyl (C=O) groups is 2. The normalized spacial score (nSPS) is 15.2. The number of hydrogen-bond donors (Lipinski definition) is 2. The molecule has 0 saturated heterocycles. The van der Waals surface area contributed by atoms with Crippen LogP contribution in [0.2, 0.25) is 0 Å². The molecule has 1 aromatic carbocycles. The average Bonchev–Trinajstić information content (AvgIpc) is 3.22. The average molecular weight is 395 g/mol. The molecular formula is C22H25N3O4. The molecule has 0 atom stereocenters. The Labute approximate surface area is 170 Å². The van der Waals surface area contributed by atoms with Gasteiger partial charge in [-0.25, -0.2) is 0 Å².